The highest BCUT2D eigenvalue weighted by Crippen LogP contribution is 2.27. The normalized spacial score (nSPS) is 11.2. The number of nitrogens with zero attached hydrogens (tertiary/aromatic N) is 3. The van der Waals surface area contributed by atoms with Crippen LogP contribution in [0.2, 0.25) is 0 Å². The van der Waals surface area contributed by atoms with Gasteiger partial charge in [-0.1, -0.05) is 46.2 Å². The molecule has 4 rings (SSSR count). The molecule has 0 atom stereocenters. The van der Waals surface area contributed by atoms with Crippen LogP contribution in [0.5, 0.6) is 17.2 Å². The van der Waals surface area contributed by atoms with Crippen LogP contribution < -0.4 is 9.47 Å². The Morgan fingerprint density at radius 2 is 1.38 bits per heavy atom. The molecule has 0 spiro atoms. The van der Waals surface area contributed by atoms with Crippen LogP contribution in [0.25, 0.3) is 16.9 Å². The van der Waals surface area contributed by atoms with Crippen molar-refractivity contribution in [2.75, 3.05) is 26.2 Å². The van der Waals surface area contributed by atoms with Crippen LogP contribution in [-0.2, 0) is 12.8 Å². The number of ether oxygens (including phenoxy) is 2. The van der Waals surface area contributed by atoms with Crippen molar-refractivity contribution in [3.8, 4) is 34.2 Å². The summed E-state index contributed by atoms with van der Waals surface area (Å²) >= 11 is 0. The SMILES string of the molecule is CCCCc1nc(-c2ccc(OCCCN(CC)CC)cc2)cn1-c1ccc(Oc2ccc(CC)cc2)cc1. The van der Waals surface area contributed by atoms with Gasteiger partial charge in [-0.3, -0.25) is 0 Å². The van der Waals surface area contributed by atoms with Gasteiger partial charge in [0.15, 0.2) is 0 Å². The molecular formula is C34H43N3O2. The Hall–Kier alpha value is -3.57. The van der Waals surface area contributed by atoms with Crippen molar-refractivity contribution in [2.24, 2.45) is 0 Å². The van der Waals surface area contributed by atoms with Gasteiger partial charge in [-0.05, 0) is 98.6 Å². The number of benzene rings is 3. The Balaban J connectivity index is 1.44. The van der Waals surface area contributed by atoms with E-state index in [9.17, 15) is 0 Å². The summed E-state index contributed by atoms with van der Waals surface area (Å²) in [5.41, 5.74) is 4.46. The number of imidazole rings is 1. The first-order valence-electron chi connectivity index (χ1n) is 14.5. The molecule has 0 aliphatic rings. The van der Waals surface area contributed by atoms with Gasteiger partial charge in [0.05, 0.1) is 12.3 Å². The lowest BCUT2D eigenvalue weighted by molar-refractivity contribution is 0.249. The minimum atomic E-state index is 0.732. The van der Waals surface area contributed by atoms with E-state index in [4.69, 9.17) is 14.5 Å². The summed E-state index contributed by atoms with van der Waals surface area (Å²) in [7, 11) is 0. The summed E-state index contributed by atoms with van der Waals surface area (Å²) in [4.78, 5) is 7.45. The number of rotatable bonds is 15. The molecule has 0 radical (unpaired) electrons. The Kier molecular flexibility index (Phi) is 10.6. The van der Waals surface area contributed by atoms with Gasteiger partial charge in [-0.2, -0.15) is 0 Å². The number of aromatic nitrogens is 2. The summed E-state index contributed by atoms with van der Waals surface area (Å²) in [6.45, 7) is 12.8. The first kappa shape index (κ1) is 28.4. The third-order valence-electron chi connectivity index (χ3n) is 7.15. The molecule has 0 aliphatic carbocycles. The molecule has 206 valence electrons. The predicted molar refractivity (Wildman–Crippen MR) is 161 cm³/mol. The number of unbranched alkanes of at least 4 members (excludes halogenated alkanes) is 1. The highest BCUT2D eigenvalue weighted by Gasteiger charge is 2.12. The van der Waals surface area contributed by atoms with Gasteiger partial charge in [-0.25, -0.2) is 4.98 Å². The number of aryl methyl sites for hydroxylation is 2. The first-order valence-corrected chi connectivity index (χ1v) is 14.5. The van der Waals surface area contributed by atoms with Crippen molar-refractivity contribution in [1.82, 2.24) is 14.5 Å². The van der Waals surface area contributed by atoms with Gasteiger partial charge in [-0.15, -0.1) is 0 Å². The molecule has 4 aromatic rings. The molecule has 1 heterocycles. The second kappa shape index (κ2) is 14.5. The maximum absolute atomic E-state index is 6.07. The van der Waals surface area contributed by atoms with Crippen molar-refractivity contribution in [1.29, 1.82) is 0 Å². The topological polar surface area (TPSA) is 39.5 Å². The molecule has 3 aromatic carbocycles. The highest BCUT2D eigenvalue weighted by molar-refractivity contribution is 5.61. The summed E-state index contributed by atoms with van der Waals surface area (Å²) in [5.74, 6) is 3.66. The molecule has 0 bridgehead atoms. The predicted octanol–water partition coefficient (Wildman–Crippen LogP) is 8.35. The summed E-state index contributed by atoms with van der Waals surface area (Å²) in [6.07, 6.45) is 7.37. The molecular weight excluding hydrogens is 482 g/mol. The van der Waals surface area contributed by atoms with E-state index in [1.54, 1.807) is 0 Å². The van der Waals surface area contributed by atoms with Crippen molar-refractivity contribution in [2.45, 2.75) is 59.8 Å². The van der Waals surface area contributed by atoms with Gasteiger partial charge < -0.3 is 18.9 Å². The molecule has 1 aromatic heterocycles. The van der Waals surface area contributed by atoms with Crippen LogP contribution in [-0.4, -0.2) is 40.7 Å². The van der Waals surface area contributed by atoms with Crippen molar-refractivity contribution in [3.63, 3.8) is 0 Å². The molecule has 0 aliphatic heterocycles. The van der Waals surface area contributed by atoms with Crippen LogP contribution in [0.1, 0.15) is 58.3 Å². The van der Waals surface area contributed by atoms with Crippen LogP contribution in [0.15, 0.2) is 79.0 Å². The average molecular weight is 526 g/mol. The van der Waals surface area contributed by atoms with Crippen molar-refractivity contribution < 1.29 is 9.47 Å². The fraction of sp³-hybridized carbons (Fsp3) is 0.382. The Morgan fingerprint density at radius 1 is 0.744 bits per heavy atom. The zero-order valence-electron chi connectivity index (χ0n) is 24.0. The Bertz CT molecular complexity index is 1260. The molecule has 39 heavy (non-hydrogen) atoms. The summed E-state index contributed by atoms with van der Waals surface area (Å²) < 4.78 is 14.3. The van der Waals surface area contributed by atoms with E-state index in [0.717, 1.165) is 98.4 Å². The zero-order chi connectivity index (χ0) is 27.5. The lowest BCUT2D eigenvalue weighted by Crippen LogP contribution is -2.25. The third-order valence-corrected chi connectivity index (χ3v) is 7.15. The second-order valence-corrected chi connectivity index (χ2v) is 9.86. The fourth-order valence-electron chi connectivity index (χ4n) is 4.64. The van der Waals surface area contributed by atoms with E-state index in [2.05, 4.69) is 91.9 Å². The molecule has 0 N–H and O–H groups in total. The van der Waals surface area contributed by atoms with E-state index in [-0.39, 0.29) is 0 Å². The minimum absolute atomic E-state index is 0.732. The quantitative estimate of drug-likeness (QED) is 0.146. The molecule has 5 nitrogen and oxygen atoms in total. The van der Waals surface area contributed by atoms with E-state index >= 15 is 0 Å². The van der Waals surface area contributed by atoms with Gasteiger partial charge in [0.25, 0.3) is 0 Å². The largest absolute Gasteiger partial charge is 0.494 e. The Morgan fingerprint density at radius 3 is 2.00 bits per heavy atom. The first-order chi connectivity index (χ1) is 19.1. The van der Waals surface area contributed by atoms with E-state index < -0.39 is 0 Å². The molecule has 0 fully saturated rings. The zero-order valence-corrected chi connectivity index (χ0v) is 24.0. The monoisotopic (exact) mass is 525 g/mol. The fourth-order valence-corrected chi connectivity index (χ4v) is 4.64. The van der Waals surface area contributed by atoms with Crippen LogP contribution >= 0.6 is 0 Å². The van der Waals surface area contributed by atoms with Crippen LogP contribution in [0, 0.1) is 0 Å². The second-order valence-electron chi connectivity index (χ2n) is 9.86. The van der Waals surface area contributed by atoms with Crippen LogP contribution in [0.3, 0.4) is 0 Å². The van der Waals surface area contributed by atoms with E-state index in [1.165, 1.54) is 5.56 Å². The number of hydrogen-bond acceptors (Lipinski definition) is 4. The average Bonchev–Trinajstić information content (AvgIpc) is 3.41. The molecule has 0 unspecified atom stereocenters. The maximum Gasteiger partial charge on any atom is 0.127 e. The Labute approximate surface area is 234 Å². The molecule has 0 saturated carbocycles. The van der Waals surface area contributed by atoms with Gasteiger partial charge >= 0.3 is 0 Å². The van der Waals surface area contributed by atoms with E-state index in [0.29, 0.717) is 0 Å². The lowest BCUT2D eigenvalue weighted by Gasteiger charge is -2.17. The molecule has 0 saturated heterocycles. The highest BCUT2D eigenvalue weighted by atomic mass is 16.5. The standard InChI is InChI=1S/C34H43N3O2/c1-5-9-11-34-35-33(28-14-20-30(21-15-28)38-25-10-24-36(7-3)8-4)26-37(34)29-16-22-32(23-17-29)39-31-18-12-27(6-2)13-19-31/h12-23,26H,5-11,24-25H2,1-4H3. The summed E-state index contributed by atoms with van der Waals surface area (Å²) in [6, 6.07) is 24.9. The summed E-state index contributed by atoms with van der Waals surface area (Å²) in [5, 5.41) is 0. The maximum atomic E-state index is 6.07. The smallest absolute Gasteiger partial charge is 0.127 e. The molecule has 0 amide bonds. The van der Waals surface area contributed by atoms with Crippen LogP contribution in [0.4, 0.5) is 0 Å². The molecule has 5 heteroatoms. The minimum Gasteiger partial charge on any atom is -0.494 e. The van der Waals surface area contributed by atoms with Crippen molar-refractivity contribution in [3.05, 3.63) is 90.4 Å². The van der Waals surface area contributed by atoms with Crippen molar-refractivity contribution >= 4 is 0 Å². The van der Waals surface area contributed by atoms with Gasteiger partial charge in [0.2, 0.25) is 0 Å². The van der Waals surface area contributed by atoms with Gasteiger partial charge in [0, 0.05) is 30.4 Å². The van der Waals surface area contributed by atoms with Gasteiger partial charge in [0.1, 0.15) is 23.1 Å². The lowest BCUT2D eigenvalue weighted by atomic mass is 10.1. The number of hydrogen-bond donors (Lipinski definition) is 0. The third kappa shape index (κ3) is 7.96. The van der Waals surface area contributed by atoms with E-state index in [1.807, 2.05) is 24.3 Å².